The highest BCUT2D eigenvalue weighted by atomic mass is 35.5. The summed E-state index contributed by atoms with van der Waals surface area (Å²) in [6.07, 6.45) is 1.00. The number of hydrogen-bond acceptors (Lipinski definition) is 2. The molecule has 0 radical (unpaired) electrons. The Morgan fingerprint density at radius 1 is 1.15 bits per heavy atom. The molecule has 104 valence electrons. The average Bonchev–Trinajstić information content (AvgIpc) is 2.94. The predicted molar refractivity (Wildman–Crippen MR) is 83.5 cm³/mol. The number of fused-ring (bicyclic) bond motifs is 1. The fourth-order valence-corrected chi connectivity index (χ4v) is 2.70. The number of hydrogen-bond donors (Lipinski definition) is 1. The zero-order valence-electron chi connectivity index (χ0n) is 11.6. The van der Waals surface area contributed by atoms with Gasteiger partial charge in [0, 0.05) is 18.0 Å². The van der Waals surface area contributed by atoms with Crippen LogP contribution in [0.1, 0.15) is 18.1 Å². The predicted octanol–water partition coefficient (Wildman–Crippen LogP) is 4.05. The van der Waals surface area contributed by atoms with Crippen LogP contribution in [0.3, 0.4) is 0 Å². The van der Waals surface area contributed by atoms with Crippen LogP contribution in [-0.4, -0.2) is 13.2 Å². The zero-order valence-corrected chi connectivity index (χ0v) is 12.3. The van der Waals surface area contributed by atoms with Crippen molar-refractivity contribution in [3.63, 3.8) is 0 Å². The molecule has 0 aliphatic carbocycles. The molecule has 0 amide bonds. The van der Waals surface area contributed by atoms with E-state index in [9.17, 15) is 0 Å². The Morgan fingerprint density at radius 2 is 1.95 bits per heavy atom. The zero-order chi connectivity index (χ0) is 13.9. The monoisotopic (exact) mass is 287 g/mol. The van der Waals surface area contributed by atoms with Gasteiger partial charge >= 0.3 is 0 Å². The number of benzene rings is 2. The van der Waals surface area contributed by atoms with Gasteiger partial charge in [-0.05, 0) is 53.1 Å². The summed E-state index contributed by atoms with van der Waals surface area (Å²) in [5.74, 6) is 1.02. The molecule has 2 aromatic carbocycles. The standard InChI is InChI=1S/C17H18ClNO/c1-2-19-11-15-10-12(3-5-16(15)18)13-4-6-17-14(9-13)7-8-20-17/h3-6,9-10,19H,2,7-8,11H2,1H3. The van der Waals surface area contributed by atoms with Crippen LogP contribution in [0, 0.1) is 0 Å². The van der Waals surface area contributed by atoms with Crippen molar-refractivity contribution in [3.8, 4) is 16.9 Å². The van der Waals surface area contributed by atoms with E-state index in [0.717, 1.165) is 42.5 Å². The Bertz CT molecular complexity index is 624. The van der Waals surface area contributed by atoms with E-state index < -0.39 is 0 Å². The molecule has 2 aromatic rings. The second kappa shape index (κ2) is 5.86. The molecule has 0 saturated heterocycles. The van der Waals surface area contributed by atoms with E-state index in [1.165, 1.54) is 16.7 Å². The first-order valence-electron chi connectivity index (χ1n) is 7.03. The van der Waals surface area contributed by atoms with Crippen LogP contribution in [0.15, 0.2) is 36.4 Å². The van der Waals surface area contributed by atoms with Crippen LogP contribution >= 0.6 is 11.6 Å². The Hall–Kier alpha value is -1.51. The summed E-state index contributed by atoms with van der Waals surface area (Å²) in [4.78, 5) is 0. The first-order chi connectivity index (χ1) is 9.78. The summed E-state index contributed by atoms with van der Waals surface area (Å²) >= 11 is 6.25. The molecule has 3 heteroatoms. The second-order valence-corrected chi connectivity index (χ2v) is 5.41. The van der Waals surface area contributed by atoms with E-state index in [4.69, 9.17) is 16.3 Å². The maximum Gasteiger partial charge on any atom is 0.122 e. The molecule has 3 rings (SSSR count). The molecule has 1 heterocycles. The van der Waals surface area contributed by atoms with E-state index in [2.05, 4.69) is 42.6 Å². The van der Waals surface area contributed by atoms with Gasteiger partial charge in [0.1, 0.15) is 5.75 Å². The van der Waals surface area contributed by atoms with Gasteiger partial charge in [-0.25, -0.2) is 0 Å². The van der Waals surface area contributed by atoms with Crippen molar-refractivity contribution in [2.24, 2.45) is 0 Å². The lowest BCUT2D eigenvalue weighted by atomic mass is 10.00. The van der Waals surface area contributed by atoms with Gasteiger partial charge in [-0.1, -0.05) is 30.7 Å². The maximum atomic E-state index is 6.25. The number of halogens is 1. The molecule has 0 spiro atoms. The lowest BCUT2D eigenvalue weighted by Crippen LogP contribution is -2.12. The Labute approximate surface area is 124 Å². The molecular weight excluding hydrogens is 270 g/mol. The first-order valence-corrected chi connectivity index (χ1v) is 7.41. The van der Waals surface area contributed by atoms with Crippen molar-refractivity contribution in [1.29, 1.82) is 0 Å². The van der Waals surface area contributed by atoms with E-state index in [-0.39, 0.29) is 0 Å². The molecular formula is C17H18ClNO. The van der Waals surface area contributed by atoms with Crippen LogP contribution in [0.5, 0.6) is 5.75 Å². The van der Waals surface area contributed by atoms with E-state index in [1.807, 2.05) is 6.07 Å². The SMILES string of the molecule is CCNCc1cc(-c2ccc3c(c2)CCO3)ccc1Cl. The fourth-order valence-electron chi connectivity index (χ4n) is 2.52. The summed E-state index contributed by atoms with van der Waals surface area (Å²) < 4.78 is 5.55. The molecule has 0 fully saturated rings. The topological polar surface area (TPSA) is 21.3 Å². The largest absolute Gasteiger partial charge is 0.493 e. The highest BCUT2D eigenvalue weighted by Gasteiger charge is 2.13. The van der Waals surface area contributed by atoms with Gasteiger partial charge in [-0.15, -0.1) is 0 Å². The van der Waals surface area contributed by atoms with Crippen molar-refractivity contribution < 1.29 is 4.74 Å². The van der Waals surface area contributed by atoms with Crippen LogP contribution in [0.2, 0.25) is 5.02 Å². The smallest absolute Gasteiger partial charge is 0.122 e. The third kappa shape index (κ3) is 2.67. The summed E-state index contributed by atoms with van der Waals surface area (Å²) in [5, 5.41) is 4.14. The third-order valence-electron chi connectivity index (χ3n) is 3.63. The molecule has 1 aliphatic rings. The minimum atomic E-state index is 0.797. The summed E-state index contributed by atoms with van der Waals surface area (Å²) in [5.41, 5.74) is 4.87. The van der Waals surface area contributed by atoms with Crippen molar-refractivity contribution in [3.05, 3.63) is 52.5 Å². The minimum Gasteiger partial charge on any atom is -0.493 e. The van der Waals surface area contributed by atoms with Crippen molar-refractivity contribution >= 4 is 11.6 Å². The molecule has 0 saturated carbocycles. The number of nitrogens with one attached hydrogen (secondary N) is 1. The van der Waals surface area contributed by atoms with Gasteiger partial charge in [0.2, 0.25) is 0 Å². The quantitative estimate of drug-likeness (QED) is 0.916. The molecule has 0 bridgehead atoms. The molecule has 20 heavy (non-hydrogen) atoms. The second-order valence-electron chi connectivity index (χ2n) is 5.01. The summed E-state index contributed by atoms with van der Waals surface area (Å²) in [6.45, 7) is 4.64. The van der Waals surface area contributed by atoms with Crippen molar-refractivity contribution in [2.45, 2.75) is 19.9 Å². The highest BCUT2D eigenvalue weighted by Crippen LogP contribution is 2.31. The third-order valence-corrected chi connectivity index (χ3v) is 4.00. The van der Waals surface area contributed by atoms with Gasteiger partial charge in [-0.2, -0.15) is 0 Å². The molecule has 0 unspecified atom stereocenters. The number of ether oxygens (including phenoxy) is 1. The fraction of sp³-hybridized carbons (Fsp3) is 0.294. The molecule has 1 N–H and O–H groups in total. The first kappa shape index (κ1) is 13.5. The van der Waals surface area contributed by atoms with Crippen LogP contribution in [-0.2, 0) is 13.0 Å². The van der Waals surface area contributed by atoms with Gasteiger partial charge in [0.05, 0.1) is 6.61 Å². The molecule has 1 aliphatic heterocycles. The van der Waals surface area contributed by atoms with Crippen molar-refractivity contribution in [2.75, 3.05) is 13.2 Å². The van der Waals surface area contributed by atoms with Gasteiger partial charge < -0.3 is 10.1 Å². The van der Waals surface area contributed by atoms with E-state index >= 15 is 0 Å². The van der Waals surface area contributed by atoms with Crippen LogP contribution < -0.4 is 10.1 Å². The van der Waals surface area contributed by atoms with Crippen LogP contribution in [0.25, 0.3) is 11.1 Å². The van der Waals surface area contributed by atoms with Gasteiger partial charge in [0.25, 0.3) is 0 Å². The average molecular weight is 288 g/mol. The molecule has 0 atom stereocenters. The van der Waals surface area contributed by atoms with E-state index in [0.29, 0.717) is 0 Å². The Kier molecular flexibility index (Phi) is 3.95. The number of rotatable bonds is 4. The normalized spacial score (nSPS) is 13.1. The van der Waals surface area contributed by atoms with Gasteiger partial charge in [0.15, 0.2) is 0 Å². The van der Waals surface area contributed by atoms with Crippen molar-refractivity contribution in [1.82, 2.24) is 5.32 Å². The minimum absolute atomic E-state index is 0.797. The highest BCUT2D eigenvalue weighted by molar-refractivity contribution is 6.31. The van der Waals surface area contributed by atoms with Crippen LogP contribution in [0.4, 0.5) is 0 Å². The Balaban J connectivity index is 1.93. The molecule has 2 nitrogen and oxygen atoms in total. The maximum absolute atomic E-state index is 6.25. The lowest BCUT2D eigenvalue weighted by molar-refractivity contribution is 0.357. The summed E-state index contributed by atoms with van der Waals surface area (Å²) in [7, 11) is 0. The molecule has 0 aromatic heterocycles. The Morgan fingerprint density at radius 3 is 2.80 bits per heavy atom. The lowest BCUT2D eigenvalue weighted by Gasteiger charge is -2.09. The van der Waals surface area contributed by atoms with E-state index in [1.54, 1.807) is 0 Å². The summed E-state index contributed by atoms with van der Waals surface area (Å²) in [6, 6.07) is 12.6. The van der Waals surface area contributed by atoms with Gasteiger partial charge in [-0.3, -0.25) is 0 Å².